The molecular weight excluding hydrogens is 288 g/mol. The summed E-state index contributed by atoms with van der Waals surface area (Å²) in [6.07, 6.45) is 2.34. The lowest BCUT2D eigenvalue weighted by molar-refractivity contribution is 0.619. The third kappa shape index (κ3) is 5.23. The molecule has 2 atom stereocenters. The Balaban J connectivity index is 2.06. The van der Waals surface area contributed by atoms with Crippen molar-refractivity contribution >= 4 is 0 Å². The minimum Gasteiger partial charge on any atom is -0.0625 e. The molecule has 0 N–H and O–H groups in total. The van der Waals surface area contributed by atoms with Crippen molar-refractivity contribution in [2.24, 2.45) is 11.8 Å². The van der Waals surface area contributed by atoms with Crippen LogP contribution in [0.25, 0.3) is 0 Å². The van der Waals surface area contributed by atoms with Crippen molar-refractivity contribution < 1.29 is 0 Å². The van der Waals surface area contributed by atoms with Crippen LogP contribution in [0.4, 0.5) is 0 Å². The minimum atomic E-state index is 0.536. The van der Waals surface area contributed by atoms with Crippen molar-refractivity contribution in [1.29, 1.82) is 0 Å². The van der Waals surface area contributed by atoms with Crippen molar-refractivity contribution in [3.8, 4) is 0 Å². The molecule has 0 radical (unpaired) electrons. The summed E-state index contributed by atoms with van der Waals surface area (Å²) in [4.78, 5) is 0. The van der Waals surface area contributed by atoms with Gasteiger partial charge < -0.3 is 0 Å². The van der Waals surface area contributed by atoms with Gasteiger partial charge in [0.1, 0.15) is 0 Å². The average Bonchev–Trinajstić information content (AvgIpc) is 2.54. The largest absolute Gasteiger partial charge is 0.0625 e. The Bertz CT molecular complexity index is 544. The van der Waals surface area contributed by atoms with Crippen LogP contribution in [-0.4, -0.2) is 0 Å². The highest BCUT2D eigenvalue weighted by Crippen LogP contribution is 2.32. The normalized spacial score (nSPS) is 14.2. The number of rotatable bonds is 7. The smallest absolute Gasteiger partial charge is 0.0124 e. The van der Waals surface area contributed by atoms with Crippen molar-refractivity contribution in [1.82, 2.24) is 0 Å². The Labute approximate surface area is 149 Å². The van der Waals surface area contributed by atoms with Crippen molar-refractivity contribution in [3.05, 3.63) is 70.8 Å². The molecule has 0 fully saturated rings. The molecule has 2 rings (SSSR count). The van der Waals surface area contributed by atoms with Crippen LogP contribution >= 0.6 is 0 Å². The maximum absolute atomic E-state index is 2.35. The van der Waals surface area contributed by atoms with Gasteiger partial charge in [0, 0.05) is 0 Å². The third-order valence-electron chi connectivity index (χ3n) is 5.05. The second kappa shape index (κ2) is 8.51. The molecule has 0 amide bonds. The van der Waals surface area contributed by atoms with E-state index >= 15 is 0 Å². The van der Waals surface area contributed by atoms with Crippen molar-refractivity contribution in [3.63, 3.8) is 0 Å². The van der Waals surface area contributed by atoms with E-state index in [-0.39, 0.29) is 0 Å². The molecular formula is C24H34. The fourth-order valence-corrected chi connectivity index (χ4v) is 3.43. The molecule has 0 aliphatic heterocycles. The molecule has 0 aliphatic rings. The van der Waals surface area contributed by atoms with Crippen LogP contribution in [0, 0.1) is 11.8 Å². The summed E-state index contributed by atoms with van der Waals surface area (Å²) in [6.45, 7) is 13.8. The van der Waals surface area contributed by atoms with E-state index in [0.717, 1.165) is 11.8 Å². The molecule has 0 aliphatic carbocycles. The first kappa shape index (κ1) is 18.8. The van der Waals surface area contributed by atoms with Crippen molar-refractivity contribution in [2.45, 2.75) is 66.2 Å². The molecule has 24 heavy (non-hydrogen) atoms. The summed E-state index contributed by atoms with van der Waals surface area (Å²) in [5, 5.41) is 0. The lowest BCUT2D eigenvalue weighted by atomic mass is 9.83. The van der Waals surface area contributed by atoms with Gasteiger partial charge in [0.15, 0.2) is 0 Å². The van der Waals surface area contributed by atoms with Gasteiger partial charge in [0.05, 0.1) is 0 Å². The van der Waals surface area contributed by atoms with Gasteiger partial charge in [-0.15, -0.1) is 0 Å². The molecule has 2 aromatic carbocycles. The lowest BCUT2D eigenvalue weighted by Crippen LogP contribution is -2.05. The molecule has 0 nitrogen and oxygen atoms in total. The molecule has 0 saturated carbocycles. The fourth-order valence-electron chi connectivity index (χ4n) is 3.43. The Morgan fingerprint density at radius 1 is 0.500 bits per heavy atom. The van der Waals surface area contributed by atoms with Gasteiger partial charge in [-0.1, -0.05) is 90.1 Å². The fraction of sp³-hybridized carbons (Fsp3) is 0.500. The van der Waals surface area contributed by atoms with E-state index in [2.05, 4.69) is 90.1 Å². The second-order valence-corrected chi connectivity index (χ2v) is 8.26. The summed E-state index contributed by atoms with van der Waals surface area (Å²) in [5.74, 6) is 2.51. The zero-order chi connectivity index (χ0) is 17.7. The highest BCUT2D eigenvalue weighted by molar-refractivity contribution is 5.31. The third-order valence-corrected chi connectivity index (χ3v) is 5.05. The van der Waals surface area contributed by atoms with Gasteiger partial charge in [0.2, 0.25) is 0 Å². The summed E-state index contributed by atoms with van der Waals surface area (Å²) in [7, 11) is 0. The SMILES string of the molecule is CC(C)Cc1ccc(C(C)C(C)c2ccc(CC(C)C)cc2)cc1. The van der Waals surface area contributed by atoms with Crippen LogP contribution in [0.5, 0.6) is 0 Å². The van der Waals surface area contributed by atoms with E-state index in [4.69, 9.17) is 0 Å². The quantitative estimate of drug-likeness (QED) is 0.515. The number of hydrogen-bond acceptors (Lipinski definition) is 0. The average molecular weight is 323 g/mol. The molecule has 0 heterocycles. The molecule has 2 unspecified atom stereocenters. The lowest BCUT2D eigenvalue weighted by Gasteiger charge is -2.22. The maximum Gasteiger partial charge on any atom is -0.0124 e. The Morgan fingerprint density at radius 3 is 1.04 bits per heavy atom. The van der Waals surface area contributed by atoms with Crippen molar-refractivity contribution in [2.75, 3.05) is 0 Å². The first-order valence-electron chi connectivity index (χ1n) is 9.54. The molecule has 0 bridgehead atoms. The van der Waals surface area contributed by atoms with E-state index in [1.54, 1.807) is 0 Å². The maximum atomic E-state index is 2.35. The van der Waals surface area contributed by atoms with Gasteiger partial charge in [0.25, 0.3) is 0 Å². The molecule has 2 aromatic rings. The number of benzene rings is 2. The van der Waals surface area contributed by atoms with E-state index in [9.17, 15) is 0 Å². The first-order valence-corrected chi connectivity index (χ1v) is 9.54. The van der Waals surface area contributed by atoms with Gasteiger partial charge in [-0.05, 0) is 58.8 Å². The van der Waals surface area contributed by atoms with E-state index in [0.29, 0.717) is 11.8 Å². The van der Waals surface area contributed by atoms with Crippen LogP contribution < -0.4 is 0 Å². The first-order chi connectivity index (χ1) is 11.4. The van der Waals surface area contributed by atoms with Gasteiger partial charge in [-0.25, -0.2) is 0 Å². The predicted molar refractivity (Wildman–Crippen MR) is 107 cm³/mol. The molecule has 0 saturated heterocycles. The van der Waals surface area contributed by atoms with Crippen LogP contribution in [0.15, 0.2) is 48.5 Å². The Kier molecular flexibility index (Phi) is 6.66. The minimum absolute atomic E-state index is 0.536. The second-order valence-electron chi connectivity index (χ2n) is 8.26. The van der Waals surface area contributed by atoms with Gasteiger partial charge in [-0.2, -0.15) is 0 Å². The zero-order valence-corrected chi connectivity index (χ0v) is 16.3. The Morgan fingerprint density at radius 2 is 0.792 bits per heavy atom. The van der Waals surface area contributed by atoms with Crippen LogP contribution in [0.1, 0.15) is 75.6 Å². The predicted octanol–water partition coefficient (Wildman–Crippen LogP) is 6.99. The highest BCUT2D eigenvalue weighted by Gasteiger charge is 2.16. The topological polar surface area (TPSA) is 0 Å². The standard InChI is InChI=1S/C24H34/c1-17(2)15-21-7-11-23(12-8-21)19(5)20(6)24-13-9-22(10-14-24)16-18(3)4/h7-14,17-20H,15-16H2,1-6H3. The van der Waals surface area contributed by atoms with E-state index < -0.39 is 0 Å². The van der Waals surface area contributed by atoms with Crippen LogP contribution in [-0.2, 0) is 12.8 Å². The van der Waals surface area contributed by atoms with Crippen LogP contribution in [0.3, 0.4) is 0 Å². The monoisotopic (exact) mass is 322 g/mol. The summed E-state index contributed by atoms with van der Waals surface area (Å²) < 4.78 is 0. The number of hydrogen-bond donors (Lipinski definition) is 0. The van der Waals surface area contributed by atoms with Gasteiger partial charge >= 0.3 is 0 Å². The molecule has 0 spiro atoms. The summed E-state index contributed by atoms with van der Waals surface area (Å²) >= 11 is 0. The van der Waals surface area contributed by atoms with Crippen LogP contribution in [0.2, 0.25) is 0 Å². The summed E-state index contributed by atoms with van der Waals surface area (Å²) in [5.41, 5.74) is 5.79. The van der Waals surface area contributed by atoms with E-state index in [1.165, 1.54) is 35.1 Å². The Hall–Kier alpha value is -1.56. The highest BCUT2D eigenvalue weighted by atomic mass is 14.2. The van der Waals surface area contributed by atoms with E-state index in [1.807, 2.05) is 0 Å². The van der Waals surface area contributed by atoms with Gasteiger partial charge in [-0.3, -0.25) is 0 Å². The molecule has 0 heteroatoms. The molecule has 0 aromatic heterocycles. The summed E-state index contributed by atoms with van der Waals surface area (Å²) in [6, 6.07) is 18.5. The molecule has 130 valence electrons. The zero-order valence-electron chi connectivity index (χ0n) is 16.3.